The van der Waals surface area contributed by atoms with Crippen molar-refractivity contribution in [1.82, 2.24) is 14.8 Å². The van der Waals surface area contributed by atoms with Crippen molar-refractivity contribution < 1.29 is 22.7 Å². The number of anilines is 1. The zero-order valence-electron chi connectivity index (χ0n) is 23.4. The summed E-state index contributed by atoms with van der Waals surface area (Å²) in [5.74, 6) is 0.231. The Morgan fingerprint density at radius 1 is 1.00 bits per heavy atom. The molecule has 3 heterocycles. The lowest BCUT2D eigenvalue weighted by Gasteiger charge is -2.36. The van der Waals surface area contributed by atoms with Crippen molar-refractivity contribution >= 4 is 11.7 Å². The van der Waals surface area contributed by atoms with Crippen LogP contribution in [0.3, 0.4) is 0 Å². The summed E-state index contributed by atoms with van der Waals surface area (Å²) >= 11 is 0. The Morgan fingerprint density at radius 2 is 1.73 bits per heavy atom. The molecule has 6 nitrogen and oxygen atoms in total. The van der Waals surface area contributed by atoms with Crippen LogP contribution in [-0.2, 0) is 17.5 Å². The Kier molecular flexibility index (Phi) is 9.25. The Labute approximate surface area is 239 Å². The number of halogens is 3. The average Bonchev–Trinajstić information content (AvgIpc) is 3.53. The zero-order chi connectivity index (χ0) is 28.8. The molecule has 41 heavy (non-hydrogen) atoms. The summed E-state index contributed by atoms with van der Waals surface area (Å²) in [4.78, 5) is 22.7. The van der Waals surface area contributed by atoms with Gasteiger partial charge in [0.15, 0.2) is 0 Å². The molecule has 2 saturated heterocycles. The maximum atomic E-state index is 13.6. The number of aryl methyl sites for hydroxylation is 1. The third kappa shape index (κ3) is 7.26. The lowest BCUT2D eigenvalue weighted by Crippen LogP contribution is -2.46. The second kappa shape index (κ2) is 13.0. The van der Waals surface area contributed by atoms with Crippen LogP contribution in [0.1, 0.15) is 52.9 Å². The summed E-state index contributed by atoms with van der Waals surface area (Å²) in [7, 11) is 0. The SMILES string of the molecule is Cc1cc(-c2cccc(C(F)(F)F)c2)c(NCCOCc2ccccc2)nc1C(=O)N1CCC(N2CCCC2)CC1. The molecule has 0 aliphatic carbocycles. The van der Waals surface area contributed by atoms with Gasteiger partial charge in [0, 0.05) is 31.2 Å². The molecule has 9 heteroatoms. The van der Waals surface area contributed by atoms with Crippen LogP contribution in [0.2, 0.25) is 0 Å². The molecule has 5 rings (SSSR count). The van der Waals surface area contributed by atoms with E-state index in [4.69, 9.17) is 9.72 Å². The molecule has 0 spiro atoms. The van der Waals surface area contributed by atoms with Crippen molar-refractivity contribution in [3.05, 3.63) is 83.0 Å². The second-order valence-electron chi connectivity index (χ2n) is 10.9. The number of aromatic nitrogens is 1. The monoisotopic (exact) mass is 566 g/mol. The van der Waals surface area contributed by atoms with E-state index in [1.807, 2.05) is 35.2 Å². The molecule has 2 aromatic carbocycles. The molecule has 1 aromatic heterocycles. The lowest BCUT2D eigenvalue weighted by molar-refractivity contribution is -0.137. The molecule has 0 saturated carbocycles. The van der Waals surface area contributed by atoms with Crippen molar-refractivity contribution in [1.29, 1.82) is 0 Å². The third-order valence-electron chi connectivity index (χ3n) is 7.98. The van der Waals surface area contributed by atoms with Crippen LogP contribution in [-0.4, -0.2) is 66.1 Å². The normalized spacial score (nSPS) is 16.7. The number of carbonyl (C=O) groups excluding carboxylic acids is 1. The number of alkyl halides is 3. The van der Waals surface area contributed by atoms with Crippen LogP contribution in [0, 0.1) is 6.92 Å². The van der Waals surface area contributed by atoms with Crippen LogP contribution in [0.15, 0.2) is 60.7 Å². The predicted molar refractivity (Wildman–Crippen MR) is 154 cm³/mol. The summed E-state index contributed by atoms with van der Waals surface area (Å²) in [6.07, 6.45) is -0.0938. The van der Waals surface area contributed by atoms with E-state index >= 15 is 0 Å². The minimum absolute atomic E-state index is 0.138. The highest BCUT2D eigenvalue weighted by Crippen LogP contribution is 2.35. The maximum Gasteiger partial charge on any atom is 0.416 e. The highest BCUT2D eigenvalue weighted by molar-refractivity contribution is 5.95. The molecule has 0 bridgehead atoms. The topological polar surface area (TPSA) is 57.7 Å². The number of piperidine rings is 1. The van der Waals surface area contributed by atoms with Gasteiger partial charge in [0.2, 0.25) is 0 Å². The smallest absolute Gasteiger partial charge is 0.375 e. The van der Waals surface area contributed by atoms with E-state index < -0.39 is 11.7 Å². The summed E-state index contributed by atoms with van der Waals surface area (Å²) < 4.78 is 46.3. The lowest BCUT2D eigenvalue weighted by atomic mass is 9.99. The molecular formula is C32H37F3N4O2. The molecule has 1 amide bonds. The first-order valence-corrected chi connectivity index (χ1v) is 14.4. The van der Waals surface area contributed by atoms with Crippen molar-refractivity contribution in [3.8, 4) is 11.1 Å². The molecule has 2 aliphatic rings. The fourth-order valence-corrected chi connectivity index (χ4v) is 5.74. The van der Waals surface area contributed by atoms with Gasteiger partial charge in [-0.3, -0.25) is 4.79 Å². The summed E-state index contributed by atoms with van der Waals surface area (Å²) in [5.41, 5.74) is 2.18. The zero-order valence-corrected chi connectivity index (χ0v) is 23.4. The highest BCUT2D eigenvalue weighted by atomic mass is 19.4. The van der Waals surface area contributed by atoms with Crippen molar-refractivity contribution in [2.24, 2.45) is 0 Å². The second-order valence-corrected chi connectivity index (χ2v) is 10.9. The van der Waals surface area contributed by atoms with Crippen molar-refractivity contribution in [3.63, 3.8) is 0 Å². The number of amides is 1. The number of likely N-dealkylation sites (tertiary alicyclic amines) is 2. The largest absolute Gasteiger partial charge is 0.416 e. The van der Waals surface area contributed by atoms with Gasteiger partial charge in [-0.2, -0.15) is 13.2 Å². The van der Waals surface area contributed by atoms with E-state index in [1.165, 1.54) is 18.9 Å². The summed E-state index contributed by atoms with van der Waals surface area (Å²) in [5, 5.41) is 3.23. The number of benzene rings is 2. The number of hydrogen-bond donors (Lipinski definition) is 1. The third-order valence-corrected chi connectivity index (χ3v) is 7.98. The van der Waals surface area contributed by atoms with Gasteiger partial charge in [0.1, 0.15) is 11.5 Å². The average molecular weight is 567 g/mol. The number of rotatable bonds is 9. The van der Waals surface area contributed by atoms with Gasteiger partial charge < -0.3 is 19.9 Å². The van der Waals surface area contributed by atoms with Crippen molar-refractivity contribution in [2.45, 2.75) is 51.4 Å². The van der Waals surface area contributed by atoms with Crippen LogP contribution in [0.4, 0.5) is 19.0 Å². The summed E-state index contributed by atoms with van der Waals surface area (Å²) in [6.45, 7) is 6.60. The maximum absolute atomic E-state index is 13.6. The molecule has 2 aliphatic heterocycles. The Hall–Kier alpha value is -3.43. The number of carbonyl (C=O) groups is 1. The minimum Gasteiger partial charge on any atom is -0.375 e. The standard InChI is InChI=1S/C32H37F3N4O2/c1-23-20-28(25-10-7-11-26(21-25)32(33,34)35)30(36-14-19-41-22-24-8-3-2-4-9-24)37-29(23)31(40)39-17-12-27(13-18-39)38-15-5-6-16-38/h2-4,7-11,20-21,27H,5-6,12-19,22H2,1H3,(H,36,37). The molecule has 0 unspecified atom stereocenters. The van der Waals surface area contributed by atoms with Gasteiger partial charge >= 0.3 is 6.18 Å². The number of pyridine rings is 1. The van der Waals surface area contributed by atoms with Gasteiger partial charge in [-0.1, -0.05) is 42.5 Å². The van der Waals surface area contributed by atoms with E-state index in [2.05, 4.69) is 10.2 Å². The van der Waals surface area contributed by atoms with Crippen LogP contribution in [0.5, 0.6) is 0 Å². The fourth-order valence-electron chi connectivity index (χ4n) is 5.74. The number of ether oxygens (including phenoxy) is 1. The van der Waals surface area contributed by atoms with Crippen molar-refractivity contribution in [2.75, 3.05) is 44.6 Å². The van der Waals surface area contributed by atoms with Gasteiger partial charge in [0.05, 0.1) is 18.8 Å². The first-order valence-electron chi connectivity index (χ1n) is 14.4. The highest BCUT2D eigenvalue weighted by Gasteiger charge is 2.32. The van der Waals surface area contributed by atoms with Gasteiger partial charge in [-0.25, -0.2) is 4.98 Å². The minimum atomic E-state index is -4.46. The number of nitrogens with one attached hydrogen (secondary N) is 1. The quantitative estimate of drug-likeness (QED) is 0.304. The van der Waals surface area contributed by atoms with E-state index in [9.17, 15) is 18.0 Å². The summed E-state index contributed by atoms with van der Waals surface area (Å²) in [6, 6.07) is 17.3. The van der Waals surface area contributed by atoms with Crippen LogP contribution in [0.25, 0.3) is 11.1 Å². The molecule has 1 N–H and O–H groups in total. The van der Waals surface area contributed by atoms with E-state index in [1.54, 1.807) is 19.1 Å². The molecular weight excluding hydrogens is 529 g/mol. The van der Waals surface area contributed by atoms with E-state index in [0.717, 1.165) is 43.6 Å². The van der Waals surface area contributed by atoms with Gasteiger partial charge in [-0.05, 0) is 80.6 Å². The Bertz CT molecular complexity index is 1320. The molecule has 3 aromatic rings. The Morgan fingerprint density at radius 3 is 2.44 bits per heavy atom. The fraction of sp³-hybridized carbons (Fsp3) is 0.438. The first-order chi connectivity index (χ1) is 19.8. The molecule has 0 atom stereocenters. The predicted octanol–water partition coefficient (Wildman–Crippen LogP) is 6.40. The molecule has 2 fully saturated rings. The number of nitrogens with zero attached hydrogens (tertiary/aromatic N) is 3. The Balaban J connectivity index is 1.34. The van der Waals surface area contributed by atoms with Crippen LogP contribution < -0.4 is 5.32 Å². The number of hydrogen-bond acceptors (Lipinski definition) is 5. The van der Waals surface area contributed by atoms with E-state index in [0.29, 0.717) is 67.1 Å². The van der Waals surface area contributed by atoms with Crippen LogP contribution >= 0.6 is 0 Å². The molecule has 0 radical (unpaired) electrons. The van der Waals surface area contributed by atoms with E-state index in [-0.39, 0.29) is 5.91 Å². The molecule has 218 valence electrons. The first kappa shape index (κ1) is 29.1. The van der Waals surface area contributed by atoms with Gasteiger partial charge in [-0.15, -0.1) is 0 Å². The van der Waals surface area contributed by atoms with Gasteiger partial charge in [0.25, 0.3) is 5.91 Å².